The Morgan fingerprint density at radius 1 is 1.32 bits per heavy atom. The van der Waals surface area contributed by atoms with Crippen molar-refractivity contribution in [2.75, 3.05) is 6.54 Å². The Hall–Kier alpha value is -1.55. The van der Waals surface area contributed by atoms with E-state index in [-0.39, 0.29) is 12.1 Å². The van der Waals surface area contributed by atoms with Gasteiger partial charge in [-0.2, -0.15) is 0 Å². The van der Waals surface area contributed by atoms with Gasteiger partial charge < -0.3 is 16.0 Å². The molecular weight excluding hydrogens is 238 g/mol. The highest BCUT2D eigenvalue weighted by Gasteiger charge is 2.28. The van der Waals surface area contributed by atoms with Crippen molar-refractivity contribution in [2.24, 2.45) is 11.7 Å². The minimum Gasteiger partial charge on any atom is -0.333 e. The van der Waals surface area contributed by atoms with Crippen LogP contribution in [0.3, 0.4) is 0 Å². The molecule has 0 aromatic heterocycles. The maximum absolute atomic E-state index is 11.9. The lowest BCUT2D eigenvalue weighted by Gasteiger charge is -2.15. The highest BCUT2D eigenvalue weighted by molar-refractivity contribution is 5.76. The van der Waals surface area contributed by atoms with E-state index in [1.807, 2.05) is 29.2 Å². The number of hydrogen-bond acceptors (Lipinski definition) is 2. The van der Waals surface area contributed by atoms with Crippen LogP contribution in [0.15, 0.2) is 24.3 Å². The molecular formula is C15H23N3O. The number of amides is 2. The molecule has 1 saturated heterocycles. The lowest BCUT2D eigenvalue weighted by molar-refractivity contribution is 0.215. The maximum atomic E-state index is 11.9. The van der Waals surface area contributed by atoms with E-state index in [1.165, 1.54) is 0 Å². The molecule has 1 aliphatic heterocycles. The first kappa shape index (κ1) is 13.9. The molecule has 0 aliphatic carbocycles. The van der Waals surface area contributed by atoms with Crippen LogP contribution in [0.2, 0.25) is 0 Å². The maximum Gasteiger partial charge on any atom is 0.318 e. The van der Waals surface area contributed by atoms with Crippen molar-refractivity contribution in [2.45, 2.75) is 39.4 Å². The number of nitrogens with one attached hydrogen (secondary N) is 1. The molecule has 104 valence electrons. The van der Waals surface area contributed by atoms with Crippen LogP contribution in [0.4, 0.5) is 4.79 Å². The molecule has 0 saturated carbocycles. The van der Waals surface area contributed by atoms with Gasteiger partial charge in [0.05, 0.1) is 0 Å². The zero-order valence-corrected chi connectivity index (χ0v) is 11.7. The fourth-order valence-corrected chi connectivity index (χ4v) is 2.50. The summed E-state index contributed by atoms with van der Waals surface area (Å²) in [6, 6.07) is 8.48. The van der Waals surface area contributed by atoms with Crippen LogP contribution in [-0.2, 0) is 13.1 Å². The molecule has 1 heterocycles. The zero-order valence-electron chi connectivity index (χ0n) is 11.7. The first-order valence-corrected chi connectivity index (χ1v) is 6.92. The standard InChI is InChI=1S/C15H23N3O/c1-11(2)7-14-10-18(15(19)17-14)9-13-5-3-12(8-16)4-6-13/h3-6,11,14H,7-10,16H2,1-2H3,(H,17,19)/t14-/m0/s1. The SMILES string of the molecule is CC(C)C[C@H]1CN(Cc2ccc(CN)cc2)C(=O)N1. The molecule has 0 spiro atoms. The molecule has 1 aliphatic rings. The molecule has 3 N–H and O–H groups in total. The van der Waals surface area contributed by atoms with Crippen molar-refractivity contribution in [3.05, 3.63) is 35.4 Å². The molecule has 4 heteroatoms. The lowest BCUT2D eigenvalue weighted by Crippen LogP contribution is -2.28. The largest absolute Gasteiger partial charge is 0.333 e. The minimum absolute atomic E-state index is 0.0496. The number of rotatable bonds is 5. The van der Waals surface area contributed by atoms with Gasteiger partial charge in [-0.25, -0.2) is 4.79 Å². The molecule has 0 unspecified atom stereocenters. The van der Waals surface area contributed by atoms with Gasteiger partial charge in [0.2, 0.25) is 0 Å². The van der Waals surface area contributed by atoms with Crippen molar-refractivity contribution in [3.63, 3.8) is 0 Å². The second kappa shape index (κ2) is 6.06. The first-order valence-electron chi connectivity index (χ1n) is 6.92. The molecule has 1 atom stereocenters. The number of nitrogens with two attached hydrogens (primary N) is 1. The molecule has 1 aromatic carbocycles. The van der Waals surface area contributed by atoms with Crippen molar-refractivity contribution in [1.29, 1.82) is 0 Å². The molecule has 19 heavy (non-hydrogen) atoms. The summed E-state index contributed by atoms with van der Waals surface area (Å²) in [5.41, 5.74) is 7.84. The lowest BCUT2D eigenvalue weighted by atomic mass is 10.0. The molecule has 1 fully saturated rings. The van der Waals surface area contributed by atoms with E-state index in [1.54, 1.807) is 0 Å². The Kier molecular flexibility index (Phi) is 4.43. The van der Waals surface area contributed by atoms with Crippen molar-refractivity contribution in [3.8, 4) is 0 Å². The highest BCUT2D eigenvalue weighted by Crippen LogP contribution is 2.15. The van der Waals surface area contributed by atoms with E-state index in [9.17, 15) is 4.79 Å². The number of carbonyl (C=O) groups is 1. The quantitative estimate of drug-likeness (QED) is 0.852. The van der Waals surface area contributed by atoms with E-state index in [2.05, 4.69) is 19.2 Å². The summed E-state index contributed by atoms with van der Waals surface area (Å²) >= 11 is 0. The zero-order chi connectivity index (χ0) is 13.8. The van der Waals surface area contributed by atoms with Crippen LogP contribution < -0.4 is 11.1 Å². The Bertz CT molecular complexity index is 428. The summed E-state index contributed by atoms with van der Waals surface area (Å²) in [5, 5.41) is 3.05. The van der Waals surface area contributed by atoms with Crippen LogP contribution >= 0.6 is 0 Å². The number of urea groups is 1. The average Bonchev–Trinajstić information content (AvgIpc) is 2.69. The van der Waals surface area contributed by atoms with Gasteiger partial charge >= 0.3 is 6.03 Å². The van der Waals surface area contributed by atoms with Gasteiger partial charge in [-0.3, -0.25) is 0 Å². The fourth-order valence-electron chi connectivity index (χ4n) is 2.50. The van der Waals surface area contributed by atoms with Crippen LogP contribution in [0.1, 0.15) is 31.4 Å². The summed E-state index contributed by atoms with van der Waals surface area (Å²) in [7, 11) is 0. The average molecular weight is 261 g/mol. The van der Waals surface area contributed by atoms with Crippen molar-refractivity contribution >= 4 is 6.03 Å². The summed E-state index contributed by atoms with van der Waals surface area (Å²) in [6.07, 6.45) is 1.04. The van der Waals surface area contributed by atoms with Crippen LogP contribution in [0.5, 0.6) is 0 Å². The minimum atomic E-state index is 0.0496. The van der Waals surface area contributed by atoms with Gasteiger partial charge in [-0.15, -0.1) is 0 Å². The van der Waals surface area contributed by atoms with Gasteiger partial charge in [0.15, 0.2) is 0 Å². The molecule has 2 rings (SSSR count). The third-order valence-corrected chi connectivity index (χ3v) is 3.44. The van der Waals surface area contributed by atoms with E-state index < -0.39 is 0 Å². The van der Waals surface area contributed by atoms with Crippen molar-refractivity contribution in [1.82, 2.24) is 10.2 Å². The van der Waals surface area contributed by atoms with Gasteiger partial charge in [0.25, 0.3) is 0 Å². The van der Waals surface area contributed by atoms with Gasteiger partial charge in [-0.05, 0) is 23.5 Å². The number of hydrogen-bond donors (Lipinski definition) is 2. The topological polar surface area (TPSA) is 58.4 Å². The van der Waals surface area contributed by atoms with Gasteiger partial charge in [-0.1, -0.05) is 38.1 Å². The molecule has 1 aromatic rings. The monoisotopic (exact) mass is 261 g/mol. The van der Waals surface area contributed by atoms with E-state index >= 15 is 0 Å². The summed E-state index contributed by atoms with van der Waals surface area (Å²) in [4.78, 5) is 13.8. The molecule has 0 radical (unpaired) electrons. The molecule has 2 amide bonds. The number of nitrogens with zero attached hydrogens (tertiary/aromatic N) is 1. The number of benzene rings is 1. The smallest absolute Gasteiger partial charge is 0.318 e. The third kappa shape index (κ3) is 3.70. The second-order valence-electron chi connectivity index (χ2n) is 5.68. The van der Waals surface area contributed by atoms with Crippen LogP contribution in [-0.4, -0.2) is 23.5 Å². The summed E-state index contributed by atoms with van der Waals surface area (Å²) < 4.78 is 0. The third-order valence-electron chi connectivity index (χ3n) is 3.44. The molecule has 0 bridgehead atoms. The van der Waals surface area contributed by atoms with E-state index in [0.717, 1.165) is 24.1 Å². The van der Waals surface area contributed by atoms with E-state index in [0.29, 0.717) is 19.0 Å². The Morgan fingerprint density at radius 3 is 2.53 bits per heavy atom. The summed E-state index contributed by atoms with van der Waals surface area (Å²) in [6.45, 7) is 6.39. The summed E-state index contributed by atoms with van der Waals surface area (Å²) in [5.74, 6) is 0.606. The fraction of sp³-hybridized carbons (Fsp3) is 0.533. The van der Waals surface area contributed by atoms with E-state index in [4.69, 9.17) is 5.73 Å². The van der Waals surface area contributed by atoms with Crippen LogP contribution in [0.25, 0.3) is 0 Å². The Labute approximate surface area is 115 Å². The first-order chi connectivity index (χ1) is 9.08. The predicted octanol–water partition coefficient (Wildman–Crippen LogP) is 2.09. The normalized spacial score (nSPS) is 19.1. The van der Waals surface area contributed by atoms with Gasteiger partial charge in [0, 0.05) is 25.7 Å². The predicted molar refractivity (Wildman–Crippen MR) is 76.5 cm³/mol. The van der Waals surface area contributed by atoms with Gasteiger partial charge in [0.1, 0.15) is 0 Å². The molecule has 4 nitrogen and oxygen atoms in total. The number of carbonyl (C=O) groups excluding carboxylic acids is 1. The second-order valence-corrected chi connectivity index (χ2v) is 5.68. The van der Waals surface area contributed by atoms with Crippen LogP contribution in [0, 0.1) is 5.92 Å². The highest BCUT2D eigenvalue weighted by atomic mass is 16.2. The Balaban J connectivity index is 1.93. The van der Waals surface area contributed by atoms with Crippen molar-refractivity contribution < 1.29 is 4.79 Å². The Morgan fingerprint density at radius 2 is 1.95 bits per heavy atom.